The van der Waals surface area contributed by atoms with E-state index >= 15 is 0 Å². The highest BCUT2D eigenvalue weighted by atomic mass is 16.3. The SMILES string of the molecule is c1ccc(-c2cccc(-c3ccc(-c4ccc(-c5nc(-c6ccccc6)nc(-c6cccc7c6oc6ccccc67)n5)cc4)c4ccccc34)c2)cc1. The van der Waals surface area contributed by atoms with Crippen LogP contribution in [0.4, 0.5) is 0 Å². The molecule has 4 heteroatoms. The van der Waals surface area contributed by atoms with E-state index in [9.17, 15) is 0 Å². The highest BCUT2D eigenvalue weighted by molar-refractivity contribution is 6.09. The minimum Gasteiger partial charge on any atom is -0.455 e. The Morgan fingerprint density at radius 1 is 0.283 bits per heavy atom. The number of aromatic nitrogens is 3. The van der Waals surface area contributed by atoms with Gasteiger partial charge in [-0.3, -0.25) is 0 Å². The summed E-state index contributed by atoms with van der Waals surface area (Å²) < 4.78 is 6.39. The maximum Gasteiger partial charge on any atom is 0.167 e. The highest BCUT2D eigenvalue weighted by Crippen LogP contribution is 2.39. The number of hydrogen-bond donors (Lipinski definition) is 0. The van der Waals surface area contributed by atoms with Crippen LogP contribution in [0.3, 0.4) is 0 Å². The second-order valence-corrected chi connectivity index (χ2v) is 13.2. The van der Waals surface area contributed by atoms with Gasteiger partial charge in [0, 0.05) is 21.9 Å². The van der Waals surface area contributed by atoms with E-state index in [2.05, 4.69) is 127 Å². The molecule has 0 aliphatic carbocycles. The summed E-state index contributed by atoms with van der Waals surface area (Å²) in [6.45, 7) is 0. The van der Waals surface area contributed by atoms with Crippen molar-refractivity contribution >= 4 is 32.7 Å². The van der Waals surface area contributed by atoms with Crippen molar-refractivity contribution in [3.8, 4) is 67.5 Å². The van der Waals surface area contributed by atoms with Crippen LogP contribution >= 0.6 is 0 Å². The summed E-state index contributed by atoms with van der Waals surface area (Å²) in [6, 6.07) is 65.4. The molecule has 0 spiro atoms. The fourth-order valence-electron chi connectivity index (χ4n) is 7.36. The molecule has 2 heterocycles. The van der Waals surface area contributed by atoms with Crippen molar-refractivity contribution in [2.75, 3.05) is 0 Å². The summed E-state index contributed by atoms with van der Waals surface area (Å²) in [6.07, 6.45) is 0. The van der Waals surface area contributed by atoms with E-state index in [1.807, 2.05) is 60.7 Å². The van der Waals surface area contributed by atoms with Crippen LogP contribution in [0.15, 0.2) is 192 Å². The van der Waals surface area contributed by atoms with Crippen LogP contribution in [0.1, 0.15) is 0 Å². The third kappa shape index (κ3) is 5.54. The maximum absolute atomic E-state index is 6.39. The third-order valence-electron chi connectivity index (χ3n) is 9.97. The first-order valence-corrected chi connectivity index (χ1v) is 17.8. The zero-order chi connectivity index (χ0) is 35.1. The van der Waals surface area contributed by atoms with Crippen molar-refractivity contribution in [3.05, 3.63) is 188 Å². The molecular formula is C49H31N3O. The predicted molar refractivity (Wildman–Crippen MR) is 217 cm³/mol. The van der Waals surface area contributed by atoms with Crippen LogP contribution in [0, 0.1) is 0 Å². The summed E-state index contributed by atoms with van der Waals surface area (Å²) in [7, 11) is 0. The standard InChI is InChI=1S/C49H31N3O/c1-3-13-32(14-4-1)36-17-11-18-37(31-36)39-30-29-38(40-19-7-8-20-41(39)40)33-25-27-35(28-26-33)48-50-47(34-15-5-2-6-16-34)51-49(52-48)44-23-12-22-43-42-21-9-10-24-45(42)53-46(43)44/h1-31H. The lowest BCUT2D eigenvalue weighted by molar-refractivity contribution is 0.669. The van der Waals surface area contributed by atoms with Gasteiger partial charge in [-0.25, -0.2) is 15.0 Å². The normalized spacial score (nSPS) is 11.4. The highest BCUT2D eigenvalue weighted by Gasteiger charge is 2.18. The minimum absolute atomic E-state index is 0.570. The van der Waals surface area contributed by atoms with Crippen LogP contribution in [-0.4, -0.2) is 15.0 Å². The molecule has 0 saturated heterocycles. The molecule has 0 aliphatic heterocycles. The molecule has 0 unspecified atom stereocenters. The second kappa shape index (κ2) is 12.9. The van der Waals surface area contributed by atoms with E-state index in [1.54, 1.807) is 0 Å². The van der Waals surface area contributed by atoms with Crippen LogP contribution in [0.5, 0.6) is 0 Å². The number of hydrogen-bond acceptors (Lipinski definition) is 4. The summed E-state index contributed by atoms with van der Waals surface area (Å²) in [5.74, 6) is 1.79. The Morgan fingerprint density at radius 3 is 1.49 bits per heavy atom. The number of furan rings is 1. The number of fused-ring (bicyclic) bond motifs is 4. The molecule has 2 aromatic heterocycles. The molecule has 0 bridgehead atoms. The van der Waals surface area contributed by atoms with Crippen molar-refractivity contribution in [1.29, 1.82) is 0 Å². The largest absolute Gasteiger partial charge is 0.455 e. The zero-order valence-corrected chi connectivity index (χ0v) is 28.6. The average molecular weight is 678 g/mol. The molecule has 0 amide bonds. The van der Waals surface area contributed by atoms with Gasteiger partial charge < -0.3 is 4.42 Å². The molecular weight excluding hydrogens is 647 g/mol. The van der Waals surface area contributed by atoms with Crippen molar-refractivity contribution in [2.24, 2.45) is 0 Å². The molecule has 0 fully saturated rings. The topological polar surface area (TPSA) is 51.8 Å². The average Bonchev–Trinajstić information content (AvgIpc) is 3.63. The Balaban J connectivity index is 1.06. The van der Waals surface area contributed by atoms with E-state index < -0.39 is 0 Å². The lowest BCUT2D eigenvalue weighted by atomic mass is 9.91. The van der Waals surface area contributed by atoms with Crippen molar-refractivity contribution < 1.29 is 4.42 Å². The zero-order valence-electron chi connectivity index (χ0n) is 28.6. The molecule has 0 aliphatic rings. The van der Waals surface area contributed by atoms with E-state index in [0.717, 1.165) is 44.2 Å². The first-order chi connectivity index (χ1) is 26.3. The van der Waals surface area contributed by atoms with Gasteiger partial charge in [-0.15, -0.1) is 0 Å². The minimum atomic E-state index is 0.570. The molecule has 10 rings (SSSR count). The van der Waals surface area contributed by atoms with Crippen molar-refractivity contribution in [2.45, 2.75) is 0 Å². The number of para-hydroxylation sites is 2. The Kier molecular flexibility index (Phi) is 7.43. The van der Waals surface area contributed by atoms with Crippen LogP contribution < -0.4 is 0 Å². The molecule has 4 nitrogen and oxygen atoms in total. The van der Waals surface area contributed by atoms with E-state index in [0.29, 0.717) is 17.5 Å². The molecule has 53 heavy (non-hydrogen) atoms. The molecule has 248 valence electrons. The van der Waals surface area contributed by atoms with Crippen molar-refractivity contribution in [3.63, 3.8) is 0 Å². The van der Waals surface area contributed by atoms with Gasteiger partial charge in [0.1, 0.15) is 11.2 Å². The van der Waals surface area contributed by atoms with E-state index in [-0.39, 0.29) is 0 Å². The summed E-state index contributed by atoms with van der Waals surface area (Å²) in [5, 5.41) is 4.52. The lowest BCUT2D eigenvalue weighted by Crippen LogP contribution is -2.00. The molecule has 10 aromatic rings. The number of benzene rings is 8. The quantitative estimate of drug-likeness (QED) is 0.176. The summed E-state index contributed by atoms with van der Waals surface area (Å²) >= 11 is 0. The fraction of sp³-hybridized carbons (Fsp3) is 0. The molecule has 0 N–H and O–H groups in total. The predicted octanol–water partition coefficient (Wildman–Crippen LogP) is 12.9. The van der Waals surface area contributed by atoms with Crippen LogP contribution in [0.2, 0.25) is 0 Å². The van der Waals surface area contributed by atoms with Gasteiger partial charge in [0.15, 0.2) is 17.5 Å². The Hall–Kier alpha value is -7.17. The third-order valence-corrected chi connectivity index (χ3v) is 9.97. The van der Waals surface area contributed by atoms with Gasteiger partial charge in [-0.2, -0.15) is 0 Å². The smallest absolute Gasteiger partial charge is 0.167 e. The van der Waals surface area contributed by atoms with Gasteiger partial charge in [-0.1, -0.05) is 170 Å². The Labute approximate surface area is 306 Å². The maximum atomic E-state index is 6.39. The summed E-state index contributed by atoms with van der Waals surface area (Å²) in [4.78, 5) is 15.1. The fourth-order valence-corrected chi connectivity index (χ4v) is 7.36. The number of nitrogens with zero attached hydrogens (tertiary/aromatic N) is 3. The molecule has 8 aromatic carbocycles. The second-order valence-electron chi connectivity index (χ2n) is 13.2. The Morgan fingerprint density at radius 2 is 0.774 bits per heavy atom. The van der Waals surface area contributed by atoms with E-state index in [1.165, 1.54) is 38.6 Å². The van der Waals surface area contributed by atoms with Gasteiger partial charge in [-0.05, 0) is 62.4 Å². The van der Waals surface area contributed by atoms with Gasteiger partial charge in [0.05, 0.1) is 5.56 Å². The van der Waals surface area contributed by atoms with Gasteiger partial charge in [0.25, 0.3) is 0 Å². The molecule has 0 atom stereocenters. The lowest BCUT2D eigenvalue weighted by Gasteiger charge is -2.14. The molecule has 0 saturated carbocycles. The monoisotopic (exact) mass is 677 g/mol. The van der Waals surface area contributed by atoms with Gasteiger partial charge >= 0.3 is 0 Å². The molecule has 0 radical (unpaired) electrons. The first kappa shape index (κ1) is 30.6. The van der Waals surface area contributed by atoms with Crippen LogP contribution in [0.25, 0.3) is 100 Å². The number of rotatable bonds is 6. The first-order valence-electron chi connectivity index (χ1n) is 17.8. The van der Waals surface area contributed by atoms with Crippen LogP contribution in [-0.2, 0) is 0 Å². The summed E-state index contributed by atoms with van der Waals surface area (Å²) in [5.41, 5.74) is 11.4. The van der Waals surface area contributed by atoms with E-state index in [4.69, 9.17) is 19.4 Å². The van der Waals surface area contributed by atoms with Crippen molar-refractivity contribution in [1.82, 2.24) is 15.0 Å². The Bertz CT molecular complexity index is 2930. The van der Waals surface area contributed by atoms with Gasteiger partial charge in [0.2, 0.25) is 0 Å².